The molecule has 0 saturated heterocycles. The Labute approximate surface area is 134 Å². The van der Waals surface area contributed by atoms with Gasteiger partial charge in [0.05, 0.1) is 6.61 Å². The Morgan fingerprint density at radius 1 is 1.11 bits per heavy atom. The molecule has 19 heavy (non-hydrogen) atoms. The highest BCUT2D eigenvalue weighted by Crippen LogP contribution is 2.49. The fourth-order valence-corrected chi connectivity index (χ4v) is 4.55. The van der Waals surface area contributed by atoms with Gasteiger partial charge in [0, 0.05) is 11.0 Å². The smallest absolute Gasteiger partial charge is 0.0517 e. The van der Waals surface area contributed by atoms with Crippen LogP contribution >= 0.6 is 22.6 Å². The number of unbranched alkanes of at least 4 members (excludes halogenated alkanes) is 1. The minimum absolute atomic E-state index is 0.311. The summed E-state index contributed by atoms with van der Waals surface area (Å²) in [6.07, 6.45) is 6.57. The largest absolute Gasteiger partial charge is 0.381 e. The average molecular weight is 380 g/mol. The molecule has 0 radical (unpaired) electrons. The van der Waals surface area contributed by atoms with Crippen molar-refractivity contribution in [3.05, 3.63) is 0 Å². The number of halogens is 1. The SMILES string of the molecule is CCCCOCC(C)(C)CC(C)(C)CC1CC1CI. The molecule has 2 atom stereocenters. The van der Waals surface area contributed by atoms with Crippen molar-refractivity contribution in [1.82, 2.24) is 0 Å². The van der Waals surface area contributed by atoms with Crippen LogP contribution in [0.2, 0.25) is 0 Å². The Morgan fingerprint density at radius 3 is 2.32 bits per heavy atom. The van der Waals surface area contributed by atoms with Crippen molar-refractivity contribution in [2.24, 2.45) is 22.7 Å². The van der Waals surface area contributed by atoms with Crippen molar-refractivity contribution in [2.75, 3.05) is 17.6 Å². The highest BCUT2D eigenvalue weighted by atomic mass is 127. The molecule has 114 valence electrons. The van der Waals surface area contributed by atoms with E-state index in [-0.39, 0.29) is 0 Å². The third kappa shape index (κ3) is 7.31. The topological polar surface area (TPSA) is 9.23 Å². The van der Waals surface area contributed by atoms with Crippen LogP contribution in [0.4, 0.5) is 0 Å². The molecule has 1 nitrogen and oxygen atoms in total. The lowest BCUT2D eigenvalue weighted by atomic mass is 9.72. The third-order valence-corrected chi connectivity index (χ3v) is 5.31. The summed E-state index contributed by atoms with van der Waals surface area (Å²) in [7, 11) is 0. The summed E-state index contributed by atoms with van der Waals surface area (Å²) in [4.78, 5) is 0. The predicted molar refractivity (Wildman–Crippen MR) is 93.0 cm³/mol. The van der Waals surface area contributed by atoms with Crippen LogP contribution in [0.3, 0.4) is 0 Å². The van der Waals surface area contributed by atoms with Gasteiger partial charge in [-0.05, 0) is 48.3 Å². The summed E-state index contributed by atoms with van der Waals surface area (Å²) in [6, 6.07) is 0. The van der Waals surface area contributed by atoms with Crippen LogP contribution in [0.25, 0.3) is 0 Å². The lowest BCUT2D eigenvalue weighted by Crippen LogP contribution is -2.28. The van der Waals surface area contributed by atoms with E-state index in [9.17, 15) is 0 Å². The summed E-state index contributed by atoms with van der Waals surface area (Å²) >= 11 is 2.54. The minimum Gasteiger partial charge on any atom is -0.381 e. The first-order chi connectivity index (χ1) is 8.79. The highest BCUT2D eigenvalue weighted by molar-refractivity contribution is 14.1. The van der Waals surface area contributed by atoms with Gasteiger partial charge < -0.3 is 4.74 Å². The number of hydrogen-bond acceptors (Lipinski definition) is 1. The maximum Gasteiger partial charge on any atom is 0.0517 e. The van der Waals surface area contributed by atoms with Gasteiger partial charge in [0.15, 0.2) is 0 Å². The molecule has 1 aliphatic rings. The monoisotopic (exact) mass is 380 g/mol. The van der Waals surface area contributed by atoms with E-state index in [0.717, 1.165) is 25.0 Å². The van der Waals surface area contributed by atoms with Crippen molar-refractivity contribution >= 4 is 22.6 Å². The van der Waals surface area contributed by atoms with Crippen LogP contribution < -0.4 is 0 Å². The normalized spacial score (nSPS) is 23.7. The van der Waals surface area contributed by atoms with Gasteiger partial charge in [0.1, 0.15) is 0 Å². The van der Waals surface area contributed by atoms with E-state index < -0.39 is 0 Å². The predicted octanol–water partition coefficient (Wildman–Crippen LogP) is 5.71. The molecule has 1 rings (SSSR count). The van der Waals surface area contributed by atoms with Gasteiger partial charge in [-0.3, -0.25) is 0 Å². The molecular formula is C17H33IO. The maximum atomic E-state index is 5.85. The molecule has 2 heteroatoms. The van der Waals surface area contributed by atoms with Gasteiger partial charge in [0.25, 0.3) is 0 Å². The molecule has 1 saturated carbocycles. The zero-order valence-corrected chi connectivity index (χ0v) is 15.8. The van der Waals surface area contributed by atoms with Gasteiger partial charge in [-0.25, -0.2) is 0 Å². The summed E-state index contributed by atoms with van der Waals surface area (Å²) in [5.41, 5.74) is 0.773. The molecule has 0 aromatic carbocycles. The molecule has 0 heterocycles. The zero-order valence-electron chi connectivity index (χ0n) is 13.6. The Balaban J connectivity index is 2.29. The molecule has 0 aromatic rings. The van der Waals surface area contributed by atoms with Gasteiger partial charge in [0.2, 0.25) is 0 Å². The summed E-state index contributed by atoms with van der Waals surface area (Å²) in [5.74, 6) is 2.02. The van der Waals surface area contributed by atoms with Crippen LogP contribution in [-0.2, 0) is 4.74 Å². The molecule has 0 bridgehead atoms. The third-order valence-electron chi connectivity index (χ3n) is 4.17. The fourth-order valence-electron chi connectivity index (χ4n) is 3.47. The van der Waals surface area contributed by atoms with Crippen molar-refractivity contribution in [2.45, 2.75) is 66.7 Å². The van der Waals surface area contributed by atoms with Crippen molar-refractivity contribution in [1.29, 1.82) is 0 Å². The molecule has 0 aromatic heterocycles. The van der Waals surface area contributed by atoms with Gasteiger partial charge in [-0.15, -0.1) is 0 Å². The first kappa shape index (κ1) is 17.7. The maximum absolute atomic E-state index is 5.85. The summed E-state index contributed by atoms with van der Waals surface area (Å²) < 4.78 is 7.20. The van der Waals surface area contributed by atoms with Crippen LogP contribution in [0.15, 0.2) is 0 Å². The van der Waals surface area contributed by atoms with Crippen molar-refractivity contribution in [3.8, 4) is 0 Å². The molecule has 1 fully saturated rings. The number of alkyl halides is 1. The van der Waals surface area contributed by atoms with Gasteiger partial charge >= 0.3 is 0 Å². The lowest BCUT2D eigenvalue weighted by molar-refractivity contribution is 0.0325. The number of ether oxygens (including phenoxy) is 1. The van der Waals surface area contributed by atoms with E-state index in [0.29, 0.717) is 10.8 Å². The highest BCUT2D eigenvalue weighted by Gasteiger charge is 2.41. The Bertz CT molecular complexity index is 260. The summed E-state index contributed by atoms with van der Waals surface area (Å²) in [6.45, 7) is 13.7. The molecular weight excluding hydrogens is 347 g/mol. The lowest BCUT2D eigenvalue weighted by Gasteiger charge is -2.35. The molecule has 2 unspecified atom stereocenters. The molecule has 0 spiro atoms. The second-order valence-corrected chi connectivity index (χ2v) is 8.91. The second kappa shape index (κ2) is 7.63. The summed E-state index contributed by atoms with van der Waals surface area (Å²) in [5, 5.41) is 0. The van der Waals surface area contributed by atoms with Gasteiger partial charge in [-0.2, -0.15) is 0 Å². The van der Waals surface area contributed by atoms with E-state index in [2.05, 4.69) is 57.2 Å². The molecule has 1 aliphatic carbocycles. The first-order valence-electron chi connectivity index (χ1n) is 7.93. The second-order valence-electron chi connectivity index (χ2n) is 8.03. The van der Waals surface area contributed by atoms with Crippen LogP contribution in [-0.4, -0.2) is 17.6 Å². The van der Waals surface area contributed by atoms with E-state index in [1.165, 1.54) is 36.5 Å². The average Bonchev–Trinajstić information content (AvgIpc) is 3.00. The van der Waals surface area contributed by atoms with Gasteiger partial charge in [-0.1, -0.05) is 63.6 Å². The van der Waals surface area contributed by atoms with E-state index in [4.69, 9.17) is 4.74 Å². The van der Waals surface area contributed by atoms with Crippen LogP contribution in [0, 0.1) is 22.7 Å². The van der Waals surface area contributed by atoms with Crippen LogP contribution in [0.5, 0.6) is 0 Å². The Morgan fingerprint density at radius 2 is 1.79 bits per heavy atom. The number of hydrogen-bond donors (Lipinski definition) is 0. The fraction of sp³-hybridized carbons (Fsp3) is 1.00. The van der Waals surface area contributed by atoms with Crippen molar-refractivity contribution in [3.63, 3.8) is 0 Å². The van der Waals surface area contributed by atoms with Crippen LogP contribution in [0.1, 0.15) is 66.7 Å². The molecule has 0 aliphatic heterocycles. The van der Waals surface area contributed by atoms with E-state index >= 15 is 0 Å². The Kier molecular flexibility index (Phi) is 7.12. The standard InChI is InChI=1S/C17H33IO/c1-6-7-8-19-13-17(4,5)12-16(2,3)10-14-9-15(14)11-18/h14-15H,6-13H2,1-5H3. The first-order valence-corrected chi connectivity index (χ1v) is 9.46. The van der Waals surface area contributed by atoms with E-state index in [1.54, 1.807) is 0 Å². The minimum atomic E-state index is 0.311. The molecule has 0 amide bonds. The van der Waals surface area contributed by atoms with E-state index in [1.807, 2.05) is 0 Å². The zero-order chi connectivity index (χ0) is 14.5. The van der Waals surface area contributed by atoms with Crippen molar-refractivity contribution < 1.29 is 4.74 Å². The Hall–Kier alpha value is 0.690. The quantitative estimate of drug-likeness (QED) is 0.268. The number of rotatable bonds is 10. The molecule has 0 N–H and O–H groups in total.